The van der Waals surface area contributed by atoms with Gasteiger partial charge in [-0.2, -0.15) is 0 Å². The van der Waals surface area contributed by atoms with Crippen LogP contribution in [0.5, 0.6) is 0 Å². The molecular weight excluding hydrogens is 246 g/mol. The molecule has 20 heavy (non-hydrogen) atoms. The standard InChI is InChI=1S/C17H35N3/c1-15-6-5-8-17(10-15,13-18-2)14-20(4)12-16-7-9-19(3)11-16/h15-16,18H,5-14H2,1-4H3. The molecular formula is C17H35N3. The van der Waals surface area contributed by atoms with Gasteiger partial charge in [-0.25, -0.2) is 0 Å². The Balaban J connectivity index is 1.86. The SMILES string of the molecule is CNCC1(CN(C)CC2CCN(C)C2)CCCC(C)C1. The van der Waals surface area contributed by atoms with Crippen LogP contribution in [0.25, 0.3) is 0 Å². The lowest BCUT2D eigenvalue weighted by atomic mass is 9.69. The molecule has 1 aliphatic heterocycles. The van der Waals surface area contributed by atoms with Gasteiger partial charge >= 0.3 is 0 Å². The summed E-state index contributed by atoms with van der Waals surface area (Å²) < 4.78 is 0. The van der Waals surface area contributed by atoms with Crippen molar-refractivity contribution < 1.29 is 0 Å². The van der Waals surface area contributed by atoms with Crippen LogP contribution in [0.1, 0.15) is 39.0 Å². The molecule has 0 radical (unpaired) electrons. The molecule has 3 nitrogen and oxygen atoms in total. The third-order valence-electron chi connectivity index (χ3n) is 5.40. The van der Waals surface area contributed by atoms with E-state index < -0.39 is 0 Å². The Morgan fingerprint density at radius 2 is 2.15 bits per heavy atom. The Hall–Kier alpha value is -0.120. The Bertz CT molecular complexity index is 290. The average Bonchev–Trinajstić information content (AvgIpc) is 2.74. The minimum Gasteiger partial charge on any atom is -0.319 e. The van der Waals surface area contributed by atoms with E-state index in [1.807, 2.05) is 0 Å². The zero-order chi connectivity index (χ0) is 14.6. The van der Waals surface area contributed by atoms with Gasteiger partial charge in [0.2, 0.25) is 0 Å². The molecule has 3 atom stereocenters. The van der Waals surface area contributed by atoms with Gasteiger partial charge in [-0.3, -0.25) is 0 Å². The smallest absolute Gasteiger partial charge is 0.00473 e. The lowest BCUT2D eigenvalue weighted by molar-refractivity contribution is 0.0873. The predicted molar refractivity (Wildman–Crippen MR) is 87.1 cm³/mol. The number of hydrogen-bond acceptors (Lipinski definition) is 3. The maximum absolute atomic E-state index is 3.47. The van der Waals surface area contributed by atoms with Crippen molar-refractivity contribution in [3.8, 4) is 0 Å². The van der Waals surface area contributed by atoms with E-state index in [-0.39, 0.29) is 0 Å². The first kappa shape index (κ1) is 16.3. The van der Waals surface area contributed by atoms with Crippen LogP contribution in [0.4, 0.5) is 0 Å². The summed E-state index contributed by atoms with van der Waals surface area (Å²) in [5.41, 5.74) is 0.520. The highest BCUT2D eigenvalue weighted by atomic mass is 15.2. The van der Waals surface area contributed by atoms with Crippen molar-refractivity contribution in [1.82, 2.24) is 15.1 Å². The van der Waals surface area contributed by atoms with E-state index in [1.165, 1.54) is 64.8 Å². The first-order valence-electron chi connectivity index (χ1n) is 8.55. The Morgan fingerprint density at radius 3 is 2.75 bits per heavy atom. The summed E-state index contributed by atoms with van der Waals surface area (Å²) in [5.74, 6) is 1.79. The molecule has 0 amide bonds. The van der Waals surface area contributed by atoms with E-state index in [2.05, 4.69) is 43.2 Å². The molecule has 1 saturated heterocycles. The van der Waals surface area contributed by atoms with Gasteiger partial charge in [0.15, 0.2) is 0 Å². The molecule has 2 rings (SSSR count). The third kappa shape index (κ3) is 4.44. The topological polar surface area (TPSA) is 18.5 Å². The van der Waals surface area contributed by atoms with Gasteiger partial charge in [-0.05, 0) is 64.2 Å². The van der Waals surface area contributed by atoms with E-state index in [9.17, 15) is 0 Å². The molecule has 1 heterocycles. The monoisotopic (exact) mass is 281 g/mol. The van der Waals surface area contributed by atoms with Crippen LogP contribution in [0.15, 0.2) is 0 Å². The molecule has 0 aromatic carbocycles. The van der Waals surface area contributed by atoms with Crippen molar-refractivity contribution >= 4 is 0 Å². The molecule has 1 saturated carbocycles. The van der Waals surface area contributed by atoms with E-state index in [4.69, 9.17) is 0 Å². The van der Waals surface area contributed by atoms with E-state index in [1.54, 1.807) is 0 Å². The molecule has 2 fully saturated rings. The van der Waals surface area contributed by atoms with E-state index in [0.29, 0.717) is 5.41 Å². The van der Waals surface area contributed by atoms with Gasteiger partial charge in [-0.15, -0.1) is 0 Å². The fourth-order valence-electron chi connectivity index (χ4n) is 4.76. The highest BCUT2D eigenvalue weighted by Gasteiger charge is 2.35. The molecule has 3 unspecified atom stereocenters. The summed E-state index contributed by atoms with van der Waals surface area (Å²) in [6.07, 6.45) is 7.05. The number of likely N-dealkylation sites (tertiary alicyclic amines) is 1. The normalized spacial score (nSPS) is 35.9. The second-order valence-electron chi connectivity index (χ2n) is 7.85. The van der Waals surface area contributed by atoms with Crippen molar-refractivity contribution in [2.75, 3.05) is 53.9 Å². The lowest BCUT2D eigenvalue weighted by Gasteiger charge is -2.43. The van der Waals surface area contributed by atoms with Gasteiger partial charge in [0.25, 0.3) is 0 Å². The number of nitrogens with one attached hydrogen (secondary N) is 1. The highest BCUT2D eigenvalue weighted by Crippen LogP contribution is 2.39. The van der Waals surface area contributed by atoms with Crippen molar-refractivity contribution in [3.05, 3.63) is 0 Å². The summed E-state index contributed by atoms with van der Waals surface area (Å²) in [6.45, 7) is 8.77. The molecule has 1 aliphatic carbocycles. The maximum atomic E-state index is 3.47. The molecule has 0 bridgehead atoms. The second-order valence-corrected chi connectivity index (χ2v) is 7.85. The summed E-state index contributed by atoms with van der Waals surface area (Å²) in [7, 11) is 6.72. The molecule has 3 heteroatoms. The Labute approximate surface area is 126 Å². The van der Waals surface area contributed by atoms with E-state index >= 15 is 0 Å². The number of rotatable bonds is 6. The number of hydrogen-bond donors (Lipinski definition) is 1. The van der Waals surface area contributed by atoms with Crippen LogP contribution in [0.2, 0.25) is 0 Å². The van der Waals surface area contributed by atoms with Crippen molar-refractivity contribution in [1.29, 1.82) is 0 Å². The van der Waals surface area contributed by atoms with Crippen molar-refractivity contribution in [2.45, 2.75) is 39.0 Å². The molecule has 0 spiro atoms. The molecule has 1 N–H and O–H groups in total. The molecule has 2 aliphatic rings. The first-order valence-corrected chi connectivity index (χ1v) is 8.55. The molecule has 0 aromatic heterocycles. The minimum atomic E-state index is 0.520. The largest absolute Gasteiger partial charge is 0.319 e. The van der Waals surface area contributed by atoms with Crippen LogP contribution in [-0.2, 0) is 0 Å². The van der Waals surface area contributed by atoms with Crippen molar-refractivity contribution in [3.63, 3.8) is 0 Å². The molecule has 0 aromatic rings. The minimum absolute atomic E-state index is 0.520. The summed E-state index contributed by atoms with van der Waals surface area (Å²) in [4.78, 5) is 5.10. The van der Waals surface area contributed by atoms with E-state index in [0.717, 1.165) is 11.8 Å². The van der Waals surface area contributed by atoms with Crippen LogP contribution >= 0.6 is 0 Å². The quantitative estimate of drug-likeness (QED) is 0.806. The van der Waals surface area contributed by atoms with Gasteiger partial charge < -0.3 is 15.1 Å². The lowest BCUT2D eigenvalue weighted by Crippen LogP contribution is -2.46. The Kier molecular flexibility index (Phi) is 5.88. The van der Waals surface area contributed by atoms with Crippen LogP contribution < -0.4 is 5.32 Å². The zero-order valence-corrected chi connectivity index (χ0v) is 14.1. The highest BCUT2D eigenvalue weighted by molar-refractivity contribution is 4.90. The second kappa shape index (κ2) is 7.24. The first-order chi connectivity index (χ1) is 9.53. The van der Waals surface area contributed by atoms with Crippen LogP contribution in [0, 0.1) is 17.3 Å². The maximum Gasteiger partial charge on any atom is 0.00473 e. The summed E-state index contributed by atoms with van der Waals surface area (Å²) in [6, 6.07) is 0. The number of nitrogens with zero attached hydrogens (tertiary/aromatic N) is 2. The predicted octanol–water partition coefficient (Wildman–Crippen LogP) is 2.29. The summed E-state index contributed by atoms with van der Waals surface area (Å²) in [5, 5.41) is 3.47. The van der Waals surface area contributed by atoms with Crippen LogP contribution in [-0.4, -0.2) is 63.7 Å². The van der Waals surface area contributed by atoms with Gasteiger partial charge in [0.05, 0.1) is 0 Å². The fraction of sp³-hybridized carbons (Fsp3) is 1.00. The Morgan fingerprint density at radius 1 is 1.35 bits per heavy atom. The zero-order valence-electron chi connectivity index (χ0n) is 14.1. The molecule has 118 valence electrons. The fourth-order valence-corrected chi connectivity index (χ4v) is 4.76. The van der Waals surface area contributed by atoms with Gasteiger partial charge in [0, 0.05) is 26.2 Å². The van der Waals surface area contributed by atoms with Crippen molar-refractivity contribution in [2.24, 2.45) is 17.3 Å². The van der Waals surface area contributed by atoms with Gasteiger partial charge in [-0.1, -0.05) is 19.8 Å². The third-order valence-corrected chi connectivity index (χ3v) is 5.40. The summed E-state index contributed by atoms with van der Waals surface area (Å²) >= 11 is 0. The van der Waals surface area contributed by atoms with Gasteiger partial charge in [0.1, 0.15) is 0 Å². The average molecular weight is 281 g/mol. The van der Waals surface area contributed by atoms with Crippen LogP contribution in [0.3, 0.4) is 0 Å².